The molecule has 2 aliphatic heterocycles. The van der Waals surface area contributed by atoms with Crippen LogP contribution in [-0.2, 0) is 4.79 Å². The van der Waals surface area contributed by atoms with Crippen LogP contribution in [0.15, 0.2) is 42.5 Å². The molecule has 0 unspecified atom stereocenters. The number of hydrogen-bond acceptors (Lipinski definition) is 6. The van der Waals surface area contributed by atoms with Crippen LogP contribution in [0.3, 0.4) is 0 Å². The molecule has 9 nitrogen and oxygen atoms in total. The summed E-state index contributed by atoms with van der Waals surface area (Å²) in [5, 5.41) is 8.26. The third-order valence-electron chi connectivity index (χ3n) is 8.62. The number of piperazine rings is 1. The van der Waals surface area contributed by atoms with Crippen LogP contribution in [0.5, 0.6) is 0 Å². The molecule has 40 heavy (non-hydrogen) atoms. The normalized spacial score (nSPS) is 23.6. The van der Waals surface area contributed by atoms with Gasteiger partial charge in [-0.2, -0.15) is 0 Å². The van der Waals surface area contributed by atoms with Crippen LogP contribution in [-0.4, -0.2) is 75.8 Å². The van der Waals surface area contributed by atoms with Gasteiger partial charge in [-0.25, -0.2) is 9.67 Å². The maximum atomic E-state index is 13.7. The van der Waals surface area contributed by atoms with Crippen molar-refractivity contribution in [2.24, 2.45) is 0 Å². The number of carbonyl (C=O) groups excluding carboxylic acids is 2. The monoisotopic (exact) mass is 541 g/mol. The lowest BCUT2D eigenvalue weighted by atomic mass is 10.0. The molecule has 1 N–H and O–H groups in total. The Hall–Kier alpha value is -3.72. The molecule has 0 bridgehead atoms. The molecule has 2 amide bonds. The van der Waals surface area contributed by atoms with Gasteiger partial charge in [-0.05, 0) is 70.9 Å². The van der Waals surface area contributed by atoms with E-state index in [0.717, 1.165) is 41.0 Å². The van der Waals surface area contributed by atoms with Gasteiger partial charge >= 0.3 is 0 Å². The molecule has 2 aromatic carbocycles. The van der Waals surface area contributed by atoms with Crippen molar-refractivity contribution in [3.8, 4) is 17.1 Å². The SMILES string of the molecule is Cc1ccc(-n2nc(C(=O)N3C[C@@H](C)N[C@@H](C)C3)nc2-c2ccc3c(c2)N(C2CCCC2)[C@H](C)C(=O)N3C)cc1. The third-order valence-corrected chi connectivity index (χ3v) is 8.62. The van der Waals surface area contributed by atoms with E-state index in [9.17, 15) is 9.59 Å². The van der Waals surface area contributed by atoms with Gasteiger partial charge in [0.25, 0.3) is 5.91 Å². The van der Waals surface area contributed by atoms with E-state index in [2.05, 4.69) is 30.1 Å². The molecular formula is C31H39N7O2. The highest BCUT2D eigenvalue weighted by Gasteiger charge is 2.39. The predicted molar refractivity (Wildman–Crippen MR) is 157 cm³/mol. The lowest BCUT2D eigenvalue weighted by Gasteiger charge is -2.43. The van der Waals surface area contributed by atoms with Crippen molar-refractivity contribution in [3.05, 3.63) is 53.9 Å². The number of amides is 2. The largest absolute Gasteiger partial charge is 0.355 e. The van der Waals surface area contributed by atoms with Crippen LogP contribution in [0.1, 0.15) is 62.6 Å². The van der Waals surface area contributed by atoms with Gasteiger partial charge in [-0.15, -0.1) is 5.10 Å². The van der Waals surface area contributed by atoms with Crippen LogP contribution in [0.2, 0.25) is 0 Å². The van der Waals surface area contributed by atoms with Crippen LogP contribution in [0.25, 0.3) is 17.1 Å². The van der Waals surface area contributed by atoms with E-state index in [-0.39, 0.29) is 35.8 Å². The Balaban J connectivity index is 1.46. The molecule has 1 saturated heterocycles. The zero-order valence-electron chi connectivity index (χ0n) is 24.1. The fraction of sp³-hybridized carbons (Fsp3) is 0.484. The minimum atomic E-state index is -0.236. The van der Waals surface area contributed by atoms with Crippen LogP contribution in [0, 0.1) is 6.92 Å². The minimum Gasteiger partial charge on any atom is -0.355 e. The summed E-state index contributed by atoms with van der Waals surface area (Å²) < 4.78 is 1.78. The van der Waals surface area contributed by atoms with Crippen molar-refractivity contribution in [1.29, 1.82) is 0 Å². The first kappa shape index (κ1) is 26.5. The van der Waals surface area contributed by atoms with Crippen molar-refractivity contribution >= 4 is 23.2 Å². The van der Waals surface area contributed by atoms with E-state index in [1.54, 1.807) is 9.58 Å². The van der Waals surface area contributed by atoms with Gasteiger partial charge in [0.05, 0.1) is 17.1 Å². The number of aryl methyl sites for hydroxylation is 1. The number of benzene rings is 2. The van der Waals surface area contributed by atoms with Gasteiger partial charge in [-0.3, -0.25) is 9.59 Å². The van der Waals surface area contributed by atoms with Crippen molar-refractivity contribution in [2.45, 2.75) is 77.5 Å². The Labute approximate surface area is 236 Å². The van der Waals surface area contributed by atoms with E-state index in [1.165, 1.54) is 12.8 Å². The molecule has 3 aromatic rings. The quantitative estimate of drug-likeness (QED) is 0.533. The molecule has 0 spiro atoms. The second-order valence-electron chi connectivity index (χ2n) is 11.8. The van der Waals surface area contributed by atoms with Crippen molar-refractivity contribution in [3.63, 3.8) is 0 Å². The lowest BCUT2D eigenvalue weighted by molar-refractivity contribution is -0.119. The first-order valence-electron chi connectivity index (χ1n) is 14.5. The van der Waals surface area contributed by atoms with Crippen molar-refractivity contribution in [2.75, 3.05) is 29.9 Å². The van der Waals surface area contributed by atoms with E-state index in [0.29, 0.717) is 25.0 Å². The summed E-state index contributed by atoms with van der Waals surface area (Å²) in [4.78, 5) is 37.6. The molecule has 1 saturated carbocycles. The van der Waals surface area contributed by atoms with Gasteiger partial charge in [-0.1, -0.05) is 30.5 Å². The molecule has 9 heteroatoms. The summed E-state index contributed by atoms with van der Waals surface area (Å²) in [7, 11) is 1.85. The Morgan fingerprint density at radius 2 is 1.62 bits per heavy atom. The molecule has 1 aliphatic carbocycles. The Kier molecular flexibility index (Phi) is 6.86. The van der Waals surface area contributed by atoms with E-state index < -0.39 is 0 Å². The van der Waals surface area contributed by atoms with Crippen LogP contribution < -0.4 is 15.1 Å². The highest BCUT2D eigenvalue weighted by atomic mass is 16.2. The highest BCUT2D eigenvalue weighted by molar-refractivity contribution is 6.05. The predicted octanol–water partition coefficient (Wildman–Crippen LogP) is 4.18. The summed E-state index contributed by atoms with van der Waals surface area (Å²) in [6.07, 6.45) is 4.54. The maximum Gasteiger partial charge on any atom is 0.293 e. The van der Waals surface area contributed by atoms with Crippen molar-refractivity contribution < 1.29 is 9.59 Å². The summed E-state index contributed by atoms with van der Waals surface area (Å²) >= 11 is 0. The number of carbonyl (C=O) groups is 2. The van der Waals surface area contributed by atoms with Crippen LogP contribution in [0.4, 0.5) is 11.4 Å². The summed E-state index contributed by atoms with van der Waals surface area (Å²) in [6, 6.07) is 14.7. The van der Waals surface area contributed by atoms with E-state index >= 15 is 0 Å². The smallest absolute Gasteiger partial charge is 0.293 e. The van der Waals surface area contributed by atoms with E-state index in [4.69, 9.17) is 10.1 Å². The number of nitrogens with zero attached hydrogens (tertiary/aromatic N) is 6. The average molecular weight is 542 g/mol. The number of aromatic nitrogens is 3. The molecule has 6 rings (SSSR count). The molecule has 3 atom stereocenters. The number of likely N-dealkylation sites (N-methyl/N-ethyl adjacent to an activating group) is 1. The highest BCUT2D eigenvalue weighted by Crippen LogP contribution is 2.42. The first-order valence-corrected chi connectivity index (χ1v) is 14.5. The molecule has 2 fully saturated rings. The fourth-order valence-electron chi connectivity index (χ4n) is 6.66. The Bertz CT molecular complexity index is 1420. The number of fused-ring (bicyclic) bond motifs is 1. The number of nitrogens with one attached hydrogen (secondary N) is 1. The molecule has 3 aliphatic rings. The average Bonchev–Trinajstić information content (AvgIpc) is 3.62. The van der Waals surface area contributed by atoms with Gasteiger partial charge in [0.15, 0.2) is 5.82 Å². The molecule has 3 heterocycles. The first-order chi connectivity index (χ1) is 19.2. The van der Waals surface area contributed by atoms with Crippen molar-refractivity contribution in [1.82, 2.24) is 25.0 Å². The second kappa shape index (κ2) is 10.4. The van der Waals surface area contributed by atoms with Gasteiger partial charge in [0.1, 0.15) is 6.04 Å². The Morgan fingerprint density at radius 1 is 0.950 bits per heavy atom. The lowest BCUT2D eigenvalue weighted by Crippen LogP contribution is -2.56. The molecule has 210 valence electrons. The third kappa shape index (κ3) is 4.66. The van der Waals surface area contributed by atoms with Gasteiger partial charge < -0.3 is 20.0 Å². The number of anilines is 2. The maximum absolute atomic E-state index is 13.7. The Morgan fingerprint density at radius 3 is 2.30 bits per heavy atom. The van der Waals surface area contributed by atoms with Crippen LogP contribution >= 0.6 is 0 Å². The van der Waals surface area contributed by atoms with Gasteiger partial charge in [0.2, 0.25) is 11.7 Å². The van der Waals surface area contributed by atoms with Gasteiger partial charge in [0, 0.05) is 43.8 Å². The summed E-state index contributed by atoms with van der Waals surface area (Å²) in [6.45, 7) is 9.47. The zero-order chi connectivity index (χ0) is 28.1. The number of rotatable bonds is 4. The van der Waals surface area contributed by atoms with E-state index in [1.807, 2.05) is 62.2 Å². The molecular weight excluding hydrogens is 502 g/mol. The standard InChI is InChI=1S/C31H39N7O2/c1-19-10-13-25(14-11-19)38-29(33-28(34-38)31(40)36-17-20(2)32-21(3)18-36)23-12-15-26-27(16-23)37(24-8-6-7-9-24)22(4)30(39)35(26)5/h10-16,20-22,24,32H,6-9,17-18H2,1-5H3/t20-,21+,22-/m1/s1. The second-order valence-corrected chi connectivity index (χ2v) is 11.8. The molecule has 1 aromatic heterocycles. The molecule has 0 radical (unpaired) electrons. The zero-order valence-corrected chi connectivity index (χ0v) is 24.1. The topological polar surface area (TPSA) is 86.6 Å². The summed E-state index contributed by atoms with van der Waals surface area (Å²) in [5.41, 5.74) is 4.80. The number of hydrogen-bond donors (Lipinski definition) is 1. The minimum absolute atomic E-state index is 0.113. The fourth-order valence-corrected chi connectivity index (χ4v) is 6.66. The summed E-state index contributed by atoms with van der Waals surface area (Å²) in [5.74, 6) is 0.770.